The molecule has 0 atom stereocenters. The highest BCUT2D eigenvalue weighted by atomic mass is 19.4. The second kappa shape index (κ2) is 8.23. The number of amides is 1. The number of anilines is 1. The number of rotatable bonds is 6. The number of ether oxygens (including phenoxy) is 1. The molecule has 26 heavy (non-hydrogen) atoms. The van der Waals surface area contributed by atoms with Crippen molar-refractivity contribution in [2.45, 2.75) is 39.1 Å². The molecule has 2 aromatic carbocycles. The Kier molecular flexibility index (Phi) is 6.26. The van der Waals surface area contributed by atoms with Crippen LogP contribution in [0.15, 0.2) is 42.5 Å². The number of hydrogen-bond acceptors (Lipinski definition) is 3. The summed E-state index contributed by atoms with van der Waals surface area (Å²) in [6.45, 7) is 3.73. The van der Waals surface area contributed by atoms with Crippen molar-refractivity contribution < 1.29 is 22.7 Å². The van der Waals surface area contributed by atoms with Gasteiger partial charge in [0.15, 0.2) is 0 Å². The molecular formula is C19H21F3N2O2. The van der Waals surface area contributed by atoms with Gasteiger partial charge < -0.3 is 15.8 Å². The lowest BCUT2D eigenvalue weighted by Gasteiger charge is -2.13. The first-order valence-electron chi connectivity index (χ1n) is 8.14. The van der Waals surface area contributed by atoms with Gasteiger partial charge in [-0.25, -0.2) is 0 Å². The number of nitrogens with two attached hydrogens (primary N) is 1. The number of hydrogen-bond donors (Lipinski definition) is 2. The van der Waals surface area contributed by atoms with Gasteiger partial charge in [-0.2, -0.15) is 13.2 Å². The molecule has 1 amide bonds. The fourth-order valence-corrected chi connectivity index (χ4v) is 2.44. The molecule has 0 heterocycles. The summed E-state index contributed by atoms with van der Waals surface area (Å²) >= 11 is 0. The minimum Gasteiger partial charge on any atom is -0.491 e. The highest BCUT2D eigenvalue weighted by molar-refractivity contribution is 5.92. The summed E-state index contributed by atoms with van der Waals surface area (Å²) in [7, 11) is 0. The molecule has 3 N–H and O–H groups in total. The van der Waals surface area contributed by atoms with Gasteiger partial charge >= 0.3 is 6.18 Å². The van der Waals surface area contributed by atoms with E-state index in [0.29, 0.717) is 16.9 Å². The SMILES string of the molecule is CC(C)Oc1cccc(CC(=O)Nc2cc(CN)cc(C(F)(F)F)c2)c1. The summed E-state index contributed by atoms with van der Waals surface area (Å²) in [5, 5.41) is 2.50. The first-order valence-corrected chi connectivity index (χ1v) is 8.14. The summed E-state index contributed by atoms with van der Waals surface area (Å²) in [6.07, 6.45) is -4.49. The third-order valence-corrected chi connectivity index (χ3v) is 3.47. The summed E-state index contributed by atoms with van der Waals surface area (Å²) in [4.78, 5) is 12.2. The third kappa shape index (κ3) is 5.77. The number of nitrogens with one attached hydrogen (secondary N) is 1. The van der Waals surface area contributed by atoms with E-state index >= 15 is 0 Å². The van der Waals surface area contributed by atoms with E-state index in [1.165, 1.54) is 6.07 Å². The Morgan fingerprint density at radius 2 is 1.88 bits per heavy atom. The first-order chi connectivity index (χ1) is 12.2. The Morgan fingerprint density at radius 3 is 2.50 bits per heavy atom. The third-order valence-electron chi connectivity index (χ3n) is 3.47. The minimum absolute atomic E-state index is 0.00105. The summed E-state index contributed by atoms with van der Waals surface area (Å²) in [5.41, 5.74) is 5.67. The molecule has 0 aliphatic heterocycles. The Labute approximate surface area is 150 Å². The molecule has 0 aliphatic rings. The van der Waals surface area contributed by atoms with E-state index in [2.05, 4.69) is 5.32 Å². The van der Waals surface area contributed by atoms with E-state index in [9.17, 15) is 18.0 Å². The Balaban J connectivity index is 2.12. The van der Waals surface area contributed by atoms with Gasteiger partial charge in [0.05, 0.1) is 18.1 Å². The van der Waals surface area contributed by atoms with Gasteiger partial charge in [-0.1, -0.05) is 12.1 Å². The molecule has 140 valence electrons. The lowest BCUT2D eigenvalue weighted by Crippen LogP contribution is -2.16. The van der Waals surface area contributed by atoms with Crippen molar-refractivity contribution in [3.05, 3.63) is 59.2 Å². The number of carbonyl (C=O) groups is 1. The highest BCUT2D eigenvalue weighted by Crippen LogP contribution is 2.32. The van der Waals surface area contributed by atoms with Crippen LogP contribution in [0.5, 0.6) is 5.75 Å². The van der Waals surface area contributed by atoms with Crippen LogP contribution in [0.2, 0.25) is 0 Å². The minimum atomic E-state index is -4.51. The van der Waals surface area contributed by atoms with Crippen molar-refractivity contribution in [3.63, 3.8) is 0 Å². The fraction of sp³-hybridized carbons (Fsp3) is 0.316. The number of benzene rings is 2. The lowest BCUT2D eigenvalue weighted by atomic mass is 10.1. The second-order valence-corrected chi connectivity index (χ2v) is 6.16. The van der Waals surface area contributed by atoms with Crippen LogP contribution in [0.1, 0.15) is 30.5 Å². The molecule has 7 heteroatoms. The largest absolute Gasteiger partial charge is 0.491 e. The lowest BCUT2D eigenvalue weighted by molar-refractivity contribution is -0.137. The molecular weight excluding hydrogens is 345 g/mol. The van der Waals surface area contributed by atoms with Crippen molar-refractivity contribution in [2.75, 3.05) is 5.32 Å². The maximum Gasteiger partial charge on any atom is 0.416 e. The second-order valence-electron chi connectivity index (χ2n) is 6.16. The summed E-state index contributed by atoms with van der Waals surface area (Å²) in [6, 6.07) is 10.3. The Bertz CT molecular complexity index is 774. The molecule has 2 aromatic rings. The zero-order chi connectivity index (χ0) is 19.3. The van der Waals surface area contributed by atoms with Crippen molar-refractivity contribution in [1.82, 2.24) is 0 Å². The Morgan fingerprint density at radius 1 is 1.15 bits per heavy atom. The molecule has 0 aliphatic carbocycles. The van der Waals surface area contributed by atoms with Crippen LogP contribution < -0.4 is 15.8 Å². The van der Waals surface area contributed by atoms with Gasteiger partial charge in [-0.05, 0) is 55.3 Å². The average molecular weight is 366 g/mol. The molecule has 4 nitrogen and oxygen atoms in total. The maximum absolute atomic E-state index is 12.9. The van der Waals surface area contributed by atoms with Gasteiger partial charge in [0.25, 0.3) is 0 Å². The van der Waals surface area contributed by atoms with E-state index in [-0.39, 0.29) is 24.8 Å². The smallest absolute Gasteiger partial charge is 0.416 e. The van der Waals surface area contributed by atoms with Crippen LogP contribution in [-0.4, -0.2) is 12.0 Å². The van der Waals surface area contributed by atoms with Gasteiger partial charge in [-0.15, -0.1) is 0 Å². The number of halogens is 3. The summed E-state index contributed by atoms with van der Waals surface area (Å²) < 4.78 is 44.4. The van der Waals surface area contributed by atoms with Crippen molar-refractivity contribution in [1.29, 1.82) is 0 Å². The molecule has 0 saturated carbocycles. The molecule has 0 fully saturated rings. The van der Waals surface area contributed by atoms with Gasteiger partial charge in [-0.3, -0.25) is 4.79 Å². The molecule has 0 saturated heterocycles. The predicted molar refractivity (Wildman–Crippen MR) is 93.9 cm³/mol. The number of alkyl halides is 3. The monoisotopic (exact) mass is 366 g/mol. The highest BCUT2D eigenvalue weighted by Gasteiger charge is 2.31. The molecule has 0 radical (unpaired) electrons. The van der Waals surface area contributed by atoms with Gasteiger partial charge in [0, 0.05) is 12.2 Å². The fourth-order valence-electron chi connectivity index (χ4n) is 2.44. The molecule has 0 aromatic heterocycles. The van der Waals surface area contributed by atoms with Crippen molar-refractivity contribution in [2.24, 2.45) is 5.73 Å². The van der Waals surface area contributed by atoms with Crippen LogP contribution in [0, 0.1) is 0 Å². The standard InChI is InChI=1S/C19H21F3N2O2/c1-12(2)26-17-5-3-4-13(8-17)9-18(25)24-16-7-14(11-23)6-15(10-16)19(20,21)22/h3-8,10,12H,9,11,23H2,1-2H3,(H,24,25). The van der Waals surface area contributed by atoms with Crippen molar-refractivity contribution >= 4 is 11.6 Å². The Hall–Kier alpha value is -2.54. The molecule has 2 rings (SSSR count). The molecule has 0 spiro atoms. The van der Waals surface area contributed by atoms with Crippen LogP contribution in [0.3, 0.4) is 0 Å². The molecule has 0 unspecified atom stereocenters. The normalized spacial score (nSPS) is 11.5. The van der Waals surface area contributed by atoms with Crippen molar-refractivity contribution in [3.8, 4) is 5.75 Å². The van der Waals surface area contributed by atoms with E-state index in [0.717, 1.165) is 12.1 Å². The maximum atomic E-state index is 12.9. The van der Waals surface area contributed by atoms with Crippen LogP contribution in [0.4, 0.5) is 18.9 Å². The van der Waals surface area contributed by atoms with Gasteiger partial charge in [0.2, 0.25) is 5.91 Å². The van der Waals surface area contributed by atoms with Crippen LogP contribution in [-0.2, 0) is 23.9 Å². The number of carbonyl (C=O) groups excluding carboxylic acids is 1. The zero-order valence-corrected chi connectivity index (χ0v) is 14.6. The quantitative estimate of drug-likeness (QED) is 0.808. The summed E-state index contributed by atoms with van der Waals surface area (Å²) in [5.74, 6) is 0.212. The van der Waals surface area contributed by atoms with Crippen LogP contribution in [0.25, 0.3) is 0 Å². The van der Waals surface area contributed by atoms with Crippen LogP contribution >= 0.6 is 0 Å². The van der Waals surface area contributed by atoms with E-state index in [4.69, 9.17) is 10.5 Å². The van der Waals surface area contributed by atoms with E-state index < -0.39 is 17.6 Å². The van der Waals surface area contributed by atoms with E-state index in [1.807, 2.05) is 13.8 Å². The molecule has 0 bridgehead atoms. The topological polar surface area (TPSA) is 64.3 Å². The zero-order valence-electron chi connectivity index (χ0n) is 14.6. The predicted octanol–water partition coefficient (Wildman–Crippen LogP) is 4.13. The average Bonchev–Trinajstić information content (AvgIpc) is 2.53. The first kappa shape index (κ1) is 19.8. The van der Waals surface area contributed by atoms with Gasteiger partial charge in [0.1, 0.15) is 5.75 Å². The van der Waals surface area contributed by atoms with E-state index in [1.54, 1.807) is 24.3 Å².